The van der Waals surface area contributed by atoms with E-state index in [4.69, 9.17) is 10.00 Å². The van der Waals surface area contributed by atoms with Crippen molar-refractivity contribution in [3.05, 3.63) is 35.5 Å². The van der Waals surface area contributed by atoms with E-state index in [0.29, 0.717) is 18.5 Å². The van der Waals surface area contributed by atoms with Crippen LogP contribution in [-0.2, 0) is 4.79 Å². The van der Waals surface area contributed by atoms with E-state index in [1.54, 1.807) is 12.1 Å². The van der Waals surface area contributed by atoms with Crippen LogP contribution in [0.25, 0.3) is 0 Å². The molecule has 0 N–H and O–H groups in total. The number of carbonyl (C=O) groups is 1. The molecule has 4 heteroatoms. The predicted molar refractivity (Wildman–Crippen MR) is 75.5 cm³/mol. The van der Waals surface area contributed by atoms with E-state index < -0.39 is 0 Å². The fraction of sp³-hybridized carbons (Fsp3) is 0.375. The molecule has 0 saturated carbocycles. The highest BCUT2D eigenvalue weighted by Crippen LogP contribution is 2.40. The number of Topliss-reactive ketones (excluding diaryl/α,β-unsaturated/α-hetero) is 1. The van der Waals surface area contributed by atoms with Crippen LogP contribution in [0.5, 0.6) is 5.75 Å². The molecular weight excluding hydrogens is 252 g/mol. The van der Waals surface area contributed by atoms with Crippen LogP contribution in [0.3, 0.4) is 0 Å². The summed E-state index contributed by atoms with van der Waals surface area (Å²) in [7, 11) is 0. The number of hydrogen-bond donors (Lipinski definition) is 0. The number of allylic oxidation sites excluding steroid dienone is 2. The van der Waals surface area contributed by atoms with Crippen LogP contribution in [0.15, 0.2) is 30.0 Å². The minimum atomic E-state index is -0.370. The summed E-state index contributed by atoms with van der Waals surface area (Å²) in [6, 6.07) is 7.47. The number of rotatable bonds is 1. The number of ketones is 1. The van der Waals surface area contributed by atoms with Gasteiger partial charge in [0.25, 0.3) is 0 Å². The van der Waals surface area contributed by atoms with Gasteiger partial charge in [0.05, 0.1) is 29.6 Å². The summed E-state index contributed by atoms with van der Waals surface area (Å²) in [5, 5.41) is 9.05. The van der Waals surface area contributed by atoms with Gasteiger partial charge < -0.3 is 9.64 Å². The molecule has 1 heterocycles. The van der Waals surface area contributed by atoms with Gasteiger partial charge in [-0.1, -0.05) is 6.08 Å². The molecule has 0 aromatic heterocycles. The van der Waals surface area contributed by atoms with Crippen LogP contribution in [-0.4, -0.2) is 17.9 Å². The van der Waals surface area contributed by atoms with Gasteiger partial charge in [0.2, 0.25) is 0 Å². The molecule has 4 nitrogen and oxygen atoms in total. The van der Waals surface area contributed by atoms with Crippen LogP contribution in [0.2, 0.25) is 0 Å². The van der Waals surface area contributed by atoms with Gasteiger partial charge in [0.1, 0.15) is 11.4 Å². The lowest BCUT2D eigenvalue weighted by Crippen LogP contribution is -2.47. The Balaban J connectivity index is 2.11. The largest absolute Gasteiger partial charge is 0.484 e. The van der Waals surface area contributed by atoms with Crippen LogP contribution >= 0.6 is 0 Å². The zero-order chi connectivity index (χ0) is 14.3. The van der Waals surface area contributed by atoms with E-state index in [0.717, 1.165) is 23.6 Å². The second-order valence-corrected chi connectivity index (χ2v) is 5.79. The Kier molecular flexibility index (Phi) is 2.79. The van der Waals surface area contributed by atoms with Crippen LogP contribution in [0, 0.1) is 11.3 Å². The van der Waals surface area contributed by atoms with Gasteiger partial charge in [-0.25, -0.2) is 0 Å². The molecule has 20 heavy (non-hydrogen) atoms. The number of fused-ring (bicyclic) bond motifs is 1. The van der Waals surface area contributed by atoms with E-state index in [1.807, 2.05) is 30.9 Å². The average Bonchev–Trinajstić information content (AvgIpc) is 2.82. The maximum atomic E-state index is 12.0. The smallest absolute Gasteiger partial charge is 0.179 e. The molecule has 0 amide bonds. The Bertz CT molecular complexity index is 653. The Morgan fingerprint density at radius 1 is 1.40 bits per heavy atom. The molecule has 1 aromatic carbocycles. The first kappa shape index (κ1) is 12.7. The zero-order valence-electron chi connectivity index (χ0n) is 11.6. The van der Waals surface area contributed by atoms with E-state index in [9.17, 15) is 4.79 Å². The fourth-order valence-electron chi connectivity index (χ4n) is 2.74. The maximum absolute atomic E-state index is 12.0. The van der Waals surface area contributed by atoms with Gasteiger partial charge in [-0.05, 0) is 38.5 Å². The lowest BCUT2D eigenvalue weighted by Gasteiger charge is -2.41. The van der Waals surface area contributed by atoms with Gasteiger partial charge in [0.15, 0.2) is 5.78 Å². The third kappa shape index (κ3) is 2.05. The van der Waals surface area contributed by atoms with E-state index in [1.165, 1.54) is 0 Å². The van der Waals surface area contributed by atoms with Gasteiger partial charge in [0, 0.05) is 6.42 Å². The Hall–Kier alpha value is -2.28. The number of ether oxygens (including phenoxy) is 1. The number of hydrogen-bond acceptors (Lipinski definition) is 4. The highest BCUT2D eigenvalue weighted by Gasteiger charge is 2.36. The first-order valence-corrected chi connectivity index (χ1v) is 6.74. The van der Waals surface area contributed by atoms with E-state index >= 15 is 0 Å². The summed E-state index contributed by atoms with van der Waals surface area (Å²) in [5.41, 5.74) is 1.75. The molecule has 0 bridgehead atoms. The quantitative estimate of drug-likeness (QED) is 0.786. The molecule has 0 fully saturated rings. The third-order valence-electron chi connectivity index (χ3n) is 3.59. The molecule has 0 saturated heterocycles. The highest BCUT2D eigenvalue weighted by molar-refractivity contribution is 6.01. The van der Waals surface area contributed by atoms with E-state index in [2.05, 4.69) is 6.07 Å². The molecule has 1 aromatic rings. The van der Waals surface area contributed by atoms with Gasteiger partial charge in [-0.3, -0.25) is 4.79 Å². The van der Waals surface area contributed by atoms with Crippen molar-refractivity contribution in [2.45, 2.75) is 32.3 Å². The predicted octanol–water partition coefficient (Wildman–Crippen LogP) is 2.78. The molecule has 1 aliphatic heterocycles. The Morgan fingerprint density at radius 2 is 2.20 bits per heavy atom. The average molecular weight is 268 g/mol. The van der Waals surface area contributed by atoms with Crippen molar-refractivity contribution < 1.29 is 9.53 Å². The van der Waals surface area contributed by atoms with Crippen molar-refractivity contribution >= 4 is 11.5 Å². The second-order valence-electron chi connectivity index (χ2n) is 5.79. The molecule has 0 atom stereocenters. The highest BCUT2D eigenvalue weighted by atomic mass is 16.5. The molecule has 2 aliphatic rings. The van der Waals surface area contributed by atoms with Crippen molar-refractivity contribution in [3.8, 4) is 11.8 Å². The molecule has 1 aliphatic carbocycles. The molecule has 102 valence electrons. The van der Waals surface area contributed by atoms with Gasteiger partial charge >= 0.3 is 0 Å². The molecule has 3 rings (SSSR count). The minimum absolute atomic E-state index is 0.163. The van der Waals surface area contributed by atoms with Crippen LogP contribution in [0.4, 0.5) is 5.69 Å². The Morgan fingerprint density at radius 3 is 2.85 bits per heavy atom. The minimum Gasteiger partial charge on any atom is -0.484 e. The lowest BCUT2D eigenvalue weighted by atomic mass is 10.0. The maximum Gasteiger partial charge on any atom is 0.179 e. The summed E-state index contributed by atoms with van der Waals surface area (Å²) in [5.74, 6) is 0.886. The van der Waals surface area contributed by atoms with Gasteiger partial charge in [-0.2, -0.15) is 5.26 Å². The standard InChI is InChI=1S/C16H16N2O2/c1-16(2)10-18(12-4-3-5-14(12)19)13-8-11(9-17)6-7-15(13)20-16/h4,6-8H,3,5,10H2,1-2H3. The topological polar surface area (TPSA) is 53.3 Å². The second kappa shape index (κ2) is 4.38. The fourth-order valence-corrected chi connectivity index (χ4v) is 2.74. The van der Waals surface area contributed by atoms with Crippen molar-refractivity contribution in [1.82, 2.24) is 0 Å². The normalized spacial score (nSPS) is 19.9. The summed E-state index contributed by atoms with van der Waals surface area (Å²) >= 11 is 0. The molecule has 0 spiro atoms. The number of benzene rings is 1. The van der Waals surface area contributed by atoms with Crippen LogP contribution < -0.4 is 9.64 Å². The first-order chi connectivity index (χ1) is 9.50. The summed E-state index contributed by atoms with van der Waals surface area (Å²) in [4.78, 5) is 14.0. The number of carbonyl (C=O) groups excluding carboxylic acids is 1. The monoisotopic (exact) mass is 268 g/mol. The van der Waals surface area contributed by atoms with Crippen LogP contribution in [0.1, 0.15) is 32.3 Å². The molecular formula is C16H16N2O2. The summed E-state index contributed by atoms with van der Waals surface area (Å²) < 4.78 is 5.95. The van der Waals surface area contributed by atoms with Crippen molar-refractivity contribution in [2.24, 2.45) is 0 Å². The molecule has 0 radical (unpaired) electrons. The zero-order valence-corrected chi connectivity index (χ0v) is 11.6. The number of nitriles is 1. The van der Waals surface area contributed by atoms with Crippen molar-refractivity contribution in [3.63, 3.8) is 0 Å². The Labute approximate surface area is 118 Å². The third-order valence-corrected chi connectivity index (χ3v) is 3.59. The number of anilines is 1. The first-order valence-electron chi connectivity index (χ1n) is 6.74. The summed E-state index contributed by atoms with van der Waals surface area (Å²) in [6.45, 7) is 4.61. The molecule has 0 unspecified atom stereocenters. The van der Waals surface area contributed by atoms with E-state index in [-0.39, 0.29) is 11.4 Å². The lowest BCUT2D eigenvalue weighted by molar-refractivity contribution is -0.115. The van der Waals surface area contributed by atoms with Crippen molar-refractivity contribution in [2.75, 3.05) is 11.4 Å². The number of nitrogens with zero attached hydrogens (tertiary/aromatic N) is 2. The SMILES string of the molecule is CC1(C)CN(C2=CCCC2=O)c2cc(C#N)ccc2O1. The summed E-state index contributed by atoms with van der Waals surface area (Å²) in [6.07, 6.45) is 3.34. The van der Waals surface area contributed by atoms with Crippen molar-refractivity contribution in [1.29, 1.82) is 5.26 Å². The van der Waals surface area contributed by atoms with Gasteiger partial charge in [-0.15, -0.1) is 0 Å².